The Bertz CT molecular complexity index is 1010. The van der Waals surface area contributed by atoms with Crippen LogP contribution in [0.25, 0.3) is 5.57 Å². The van der Waals surface area contributed by atoms with Crippen LogP contribution in [0.1, 0.15) is 49.5 Å². The quantitative estimate of drug-likeness (QED) is 0.596. The van der Waals surface area contributed by atoms with E-state index < -0.39 is 14.2 Å². The molecule has 0 amide bonds. The van der Waals surface area contributed by atoms with Gasteiger partial charge in [0, 0.05) is 5.41 Å². The molecule has 0 radical (unpaired) electrons. The summed E-state index contributed by atoms with van der Waals surface area (Å²) in [5, 5.41) is 12.5. The van der Waals surface area contributed by atoms with E-state index in [9.17, 15) is 5.11 Å². The third-order valence-electron chi connectivity index (χ3n) is 6.92. The fraction of sp³-hybridized carbons (Fsp3) is 0.385. The van der Waals surface area contributed by atoms with Gasteiger partial charge >= 0.3 is 0 Å². The molecule has 2 aliphatic carbocycles. The van der Waals surface area contributed by atoms with Crippen LogP contribution in [0.5, 0.6) is 5.75 Å². The predicted octanol–water partition coefficient (Wildman–Crippen LogP) is 6.44. The number of aliphatic hydroxyl groups is 1. The molecular formula is C26H32O2Si. The first-order chi connectivity index (χ1) is 13.7. The van der Waals surface area contributed by atoms with Crippen molar-refractivity contribution in [2.75, 3.05) is 7.11 Å². The van der Waals surface area contributed by atoms with Crippen molar-refractivity contribution < 1.29 is 9.84 Å². The van der Waals surface area contributed by atoms with Crippen LogP contribution in [0.4, 0.5) is 0 Å². The lowest BCUT2D eigenvalue weighted by molar-refractivity contribution is 0.161. The fourth-order valence-electron chi connectivity index (χ4n) is 5.36. The minimum atomic E-state index is -1.58. The topological polar surface area (TPSA) is 29.5 Å². The van der Waals surface area contributed by atoms with Crippen molar-refractivity contribution in [3.05, 3.63) is 81.6 Å². The molecular weight excluding hydrogens is 372 g/mol. The van der Waals surface area contributed by atoms with Crippen molar-refractivity contribution in [3.8, 4) is 5.75 Å². The van der Waals surface area contributed by atoms with Crippen LogP contribution in [-0.4, -0.2) is 20.3 Å². The highest BCUT2D eigenvalue weighted by Crippen LogP contribution is 2.56. The Kier molecular flexibility index (Phi) is 4.87. The highest BCUT2D eigenvalue weighted by atomic mass is 28.3. The average Bonchev–Trinajstić information content (AvgIpc) is 2.69. The number of fused-ring (bicyclic) bond motifs is 3. The van der Waals surface area contributed by atoms with Gasteiger partial charge in [-0.05, 0) is 59.7 Å². The van der Waals surface area contributed by atoms with Crippen molar-refractivity contribution in [2.45, 2.75) is 57.8 Å². The molecule has 0 unspecified atom stereocenters. The Morgan fingerprint density at radius 2 is 1.69 bits per heavy atom. The van der Waals surface area contributed by atoms with Gasteiger partial charge in [0.1, 0.15) is 5.75 Å². The molecule has 3 heteroatoms. The Labute approximate surface area is 175 Å². The molecule has 2 nitrogen and oxygen atoms in total. The summed E-state index contributed by atoms with van der Waals surface area (Å²) in [5.41, 5.74) is 7.80. The van der Waals surface area contributed by atoms with Gasteiger partial charge in [0.2, 0.25) is 0 Å². The number of hydrogen-bond donors (Lipinski definition) is 1. The molecule has 0 heterocycles. The molecule has 0 aromatic heterocycles. The highest BCUT2D eigenvalue weighted by Gasteiger charge is 2.46. The minimum Gasteiger partial charge on any atom is -0.497 e. The lowest BCUT2D eigenvalue weighted by Gasteiger charge is -2.48. The largest absolute Gasteiger partial charge is 0.497 e. The molecule has 0 fully saturated rings. The Morgan fingerprint density at radius 3 is 2.31 bits per heavy atom. The van der Waals surface area contributed by atoms with E-state index in [0.717, 1.165) is 24.2 Å². The zero-order valence-corrected chi connectivity index (χ0v) is 19.5. The van der Waals surface area contributed by atoms with Gasteiger partial charge in [-0.2, -0.15) is 0 Å². The maximum absolute atomic E-state index is 10.9. The van der Waals surface area contributed by atoms with Gasteiger partial charge in [-0.1, -0.05) is 73.7 Å². The molecule has 0 saturated heterocycles. The van der Waals surface area contributed by atoms with E-state index in [1.54, 1.807) is 12.3 Å². The van der Waals surface area contributed by atoms with Gasteiger partial charge in [-0.15, -0.1) is 0 Å². The number of ether oxygens (including phenoxy) is 1. The van der Waals surface area contributed by atoms with E-state index in [0.29, 0.717) is 0 Å². The second-order valence-electron chi connectivity index (χ2n) is 9.75. The van der Waals surface area contributed by atoms with Crippen molar-refractivity contribution >= 4 is 13.6 Å². The van der Waals surface area contributed by atoms with Crippen molar-refractivity contribution in [3.63, 3.8) is 0 Å². The lowest BCUT2D eigenvalue weighted by atomic mass is 9.61. The summed E-state index contributed by atoms with van der Waals surface area (Å²) in [7, 11) is 0.134. The first kappa shape index (κ1) is 20.2. The van der Waals surface area contributed by atoms with E-state index in [2.05, 4.69) is 76.0 Å². The zero-order valence-electron chi connectivity index (χ0n) is 18.5. The Hall–Kier alpha value is -2.10. The first-order valence-corrected chi connectivity index (χ1v) is 14.0. The molecule has 152 valence electrons. The van der Waals surface area contributed by atoms with Crippen LogP contribution in [0, 0.1) is 0 Å². The Morgan fingerprint density at radius 1 is 1.03 bits per heavy atom. The van der Waals surface area contributed by atoms with Crippen LogP contribution < -0.4 is 4.74 Å². The summed E-state index contributed by atoms with van der Waals surface area (Å²) in [6.07, 6.45) is 1.34. The molecule has 0 saturated carbocycles. The first-order valence-electron chi connectivity index (χ1n) is 10.5. The summed E-state index contributed by atoms with van der Waals surface area (Å²) in [6.45, 7) is 12.0. The molecule has 0 aliphatic heterocycles. The summed E-state index contributed by atoms with van der Waals surface area (Å²) in [5.74, 6) is 0.886. The van der Waals surface area contributed by atoms with Gasteiger partial charge in [0.05, 0.1) is 21.3 Å². The third-order valence-corrected chi connectivity index (χ3v) is 9.16. The van der Waals surface area contributed by atoms with E-state index in [4.69, 9.17) is 4.74 Å². The van der Waals surface area contributed by atoms with Gasteiger partial charge < -0.3 is 9.84 Å². The number of benzene rings is 2. The summed E-state index contributed by atoms with van der Waals surface area (Å²) in [6, 6.07) is 17.0. The third kappa shape index (κ3) is 3.21. The van der Waals surface area contributed by atoms with Crippen molar-refractivity contribution in [2.24, 2.45) is 0 Å². The SMILES string of the molecule is COc1ccc(C2=C([Si](C)(C)C)C[C@@]3(C)C(=C2C)C[C@@H](O)c2ccccc23)cc1. The van der Waals surface area contributed by atoms with Crippen LogP contribution in [-0.2, 0) is 5.41 Å². The molecule has 2 aromatic rings. The van der Waals surface area contributed by atoms with Crippen LogP contribution in [0.15, 0.2) is 64.9 Å². The summed E-state index contributed by atoms with van der Waals surface area (Å²) < 4.78 is 5.38. The second kappa shape index (κ2) is 7.00. The normalized spacial score (nSPS) is 24.3. The summed E-state index contributed by atoms with van der Waals surface area (Å²) >= 11 is 0. The molecule has 0 spiro atoms. The van der Waals surface area contributed by atoms with Crippen molar-refractivity contribution in [1.82, 2.24) is 0 Å². The maximum atomic E-state index is 10.9. The predicted molar refractivity (Wildman–Crippen MR) is 124 cm³/mol. The number of rotatable bonds is 3. The molecule has 2 aromatic carbocycles. The number of allylic oxidation sites excluding steroid dienone is 3. The minimum absolute atomic E-state index is 0.0362. The molecule has 2 atom stereocenters. The van der Waals surface area contributed by atoms with Gasteiger partial charge in [-0.25, -0.2) is 0 Å². The van der Waals surface area contributed by atoms with E-state index in [1.165, 1.54) is 27.8 Å². The van der Waals surface area contributed by atoms with Gasteiger partial charge in [-0.3, -0.25) is 0 Å². The molecule has 4 rings (SSSR count). The molecule has 2 aliphatic rings. The summed E-state index contributed by atoms with van der Waals surface area (Å²) in [4.78, 5) is 0. The molecule has 0 bridgehead atoms. The van der Waals surface area contributed by atoms with Crippen LogP contribution >= 0.6 is 0 Å². The molecule has 1 N–H and O–H groups in total. The van der Waals surface area contributed by atoms with Gasteiger partial charge in [0.25, 0.3) is 0 Å². The Balaban J connectivity index is 1.96. The lowest BCUT2D eigenvalue weighted by Crippen LogP contribution is -2.40. The number of aliphatic hydroxyl groups excluding tert-OH is 1. The van der Waals surface area contributed by atoms with E-state index in [1.807, 2.05) is 6.07 Å². The number of hydrogen-bond acceptors (Lipinski definition) is 2. The molecule has 29 heavy (non-hydrogen) atoms. The fourth-order valence-corrected chi connectivity index (χ4v) is 7.32. The monoisotopic (exact) mass is 404 g/mol. The smallest absolute Gasteiger partial charge is 0.118 e. The van der Waals surface area contributed by atoms with Crippen LogP contribution in [0.3, 0.4) is 0 Å². The highest BCUT2D eigenvalue weighted by molar-refractivity contribution is 6.84. The van der Waals surface area contributed by atoms with Gasteiger partial charge in [0.15, 0.2) is 0 Å². The number of methoxy groups -OCH3 is 1. The standard InChI is InChI=1S/C26H32O2Si/c1-17-22-15-23(27)20-9-7-8-10-21(20)26(22,2)16-24(29(4,5)6)25(17)18-11-13-19(28-3)14-12-18/h7-14,23,27H,15-16H2,1-6H3/t23-,26-/m1/s1. The van der Waals surface area contributed by atoms with Crippen LogP contribution in [0.2, 0.25) is 19.6 Å². The van der Waals surface area contributed by atoms with Crippen molar-refractivity contribution in [1.29, 1.82) is 0 Å². The maximum Gasteiger partial charge on any atom is 0.118 e. The zero-order chi connectivity index (χ0) is 21.0. The average molecular weight is 405 g/mol. The second-order valence-corrected chi connectivity index (χ2v) is 14.9. The van der Waals surface area contributed by atoms with E-state index >= 15 is 0 Å². The van der Waals surface area contributed by atoms with E-state index in [-0.39, 0.29) is 5.41 Å².